The van der Waals surface area contributed by atoms with E-state index in [-0.39, 0.29) is 6.15 Å². The number of halogens is 15. The number of carbonyl (C=O) groups excluding carboxylic acids is 1. The van der Waals surface area contributed by atoms with Gasteiger partial charge in [0.2, 0.25) is 0 Å². The van der Waals surface area contributed by atoms with Gasteiger partial charge in [0.1, 0.15) is 5.97 Å². The van der Waals surface area contributed by atoms with E-state index in [0.717, 1.165) is 0 Å². The highest BCUT2D eigenvalue weighted by molar-refractivity contribution is 6.22. The van der Waals surface area contributed by atoms with Gasteiger partial charge < -0.3 is 16.1 Å². The van der Waals surface area contributed by atoms with Crippen LogP contribution in [-0.4, -0.2) is 46.9 Å². The molecule has 26 heavy (non-hydrogen) atoms. The van der Waals surface area contributed by atoms with E-state index in [2.05, 4.69) is 11.6 Å². The Balaban J connectivity index is 0. The van der Waals surface area contributed by atoms with Crippen LogP contribution >= 0.6 is 11.6 Å². The fraction of sp³-hybridized carbons (Fsp3) is 0.875. The molecule has 4 N–H and O–H groups in total. The van der Waals surface area contributed by atoms with Gasteiger partial charge in [-0.2, -0.15) is 61.5 Å². The monoisotopic (exact) mass is 447 g/mol. The molecule has 0 unspecified atom stereocenters. The molecule has 0 fully saturated rings. The quantitative estimate of drug-likeness (QED) is 0.477. The highest BCUT2D eigenvalue weighted by Crippen LogP contribution is 2.62. The van der Waals surface area contributed by atoms with E-state index < -0.39 is 46.9 Å². The summed E-state index contributed by atoms with van der Waals surface area (Å²) in [5, 5.41) is 2.92. The predicted molar refractivity (Wildman–Crippen MR) is 51.5 cm³/mol. The summed E-state index contributed by atoms with van der Waals surface area (Å²) in [7, 11) is 0. The second kappa shape index (κ2) is 6.42. The van der Waals surface area contributed by atoms with Gasteiger partial charge in [0.05, 0.1) is 0 Å². The topological polar surface area (TPSA) is 76.6 Å². The van der Waals surface area contributed by atoms with Crippen LogP contribution in [0.3, 0.4) is 0 Å². The van der Waals surface area contributed by atoms with Crippen molar-refractivity contribution in [2.75, 3.05) is 0 Å². The Bertz CT molecular complexity index is 542. The van der Waals surface area contributed by atoms with Crippen molar-refractivity contribution in [2.45, 2.75) is 40.9 Å². The number of rotatable bonds is 7. The molecule has 158 valence electrons. The third-order valence-corrected chi connectivity index (χ3v) is 2.82. The third-order valence-electron chi connectivity index (χ3n) is 2.58. The van der Waals surface area contributed by atoms with E-state index in [1.54, 1.807) is 0 Å². The van der Waals surface area contributed by atoms with Crippen molar-refractivity contribution in [3.8, 4) is 0 Å². The Hall–Kier alpha value is -1.26. The highest BCUT2D eigenvalue weighted by atomic mass is 35.5. The summed E-state index contributed by atoms with van der Waals surface area (Å²) in [6.07, 6.45) is 0. The van der Waals surface area contributed by atoms with Gasteiger partial charge in [-0.1, -0.05) is 0 Å². The summed E-state index contributed by atoms with van der Waals surface area (Å²) in [5.41, 5.74) is 0. The van der Waals surface area contributed by atoms with Crippen molar-refractivity contribution in [1.82, 2.24) is 6.15 Å². The van der Waals surface area contributed by atoms with Gasteiger partial charge in [-0.3, -0.25) is 0 Å². The first-order valence-corrected chi connectivity index (χ1v) is 5.37. The summed E-state index contributed by atoms with van der Waals surface area (Å²) in [6.45, 7) is 0. The van der Waals surface area contributed by atoms with Crippen LogP contribution in [0, 0.1) is 0 Å². The second-order valence-electron chi connectivity index (χ2n) is 4.23. The molecule has 0 bridgehead atoms. The largest absolute Gasteiger partial charge is 0.544 e. The zero-order chi connectivity index (χ0) is 21.1. The maximum absolute atomic E-state index is 12.9. The molecule has 0 aromatic rings. The minimum atomic E-state index is -8.34. The van der Waals surface area contributed by atoms with Gasteiger partial charge in [-0.05, 0) is 11.6 Å². The molecule has 3 nitrogen and oxygen atoms in total. The molecule has 0 heterocycles. The van der Waals surface area contributed by atoms with E-state index in [4.69, 9.17) is 0 Å². The standard InChI is InChI=1S/C8HClF14O2.H3N/c9-8(22,23)7(20,21)6(18,19)5(16,17)4(14,15)3(12,13)2(10,11)1(24)25;/h(H,24,25);1H3. The van der Waals surface area contributed by atoms with Crippen LogP contribution in [0.4, 0.5) is 61.5 Å². The molecular formula is C8H4ClF14NO2. The molecule has 0 aliphatic carbocycles. The van der Waals surface area contributed by atoms with Crippen molar-refractivity contribution in [1.29, 1.82) is 0 Å². The van der Waals surface area contributed by atoms with Crippen LogP contribution in [0.1, 0.15) is 0 Å². The van der Waals surface area contributed by atoms with Crippen LogP contribution in [0.15, 0.2) is 0 Å². The Morgan fingerprint density at radius 3 is 1.04 bits per heavy atom. The molecule has 0 amide bonds. The number of aliphatic carboxylic acids is 1. The number of carbonyl (C=O) groups is 1. The van der Waals surface area contributed by atoms with Crippen LogP contribution < -0.4 is 11.3 Å². The number of quaternary nitrogens is 1. The molecular weight excluding hydrogens is 444 g/mol. The SMILES string of the molecule is O=C([O-])C(F)(F)C(F)(F)C(F)(F)C(F)(F)C(F)(F)C(F)(F)C(F)(F)Cl.[NH4+]. The fourth-order valence-electron chi connectivity index (χ4n) is 1.09. The van der Waals surface area contributed by atoms with Gasteiger partial charge in [-0.15, -0.1) is 0 Å². The molecule has 0 aliphatic rings. The van der Waals surface area contributed by atoms with Crippen molar-refractivity contribution in [2.24, 2.45) is 0 Å². The van der Waals surface area contributed by atoms with E-state index in [1.165, 1.54) is 0 Å². The van der Waals surface area contributed by atoms with Crippen molar-refractivity contribution < 1.29 is 71.4 Å². The van der Waals surface area contributed by atoms with Gasteiger partial charge in [-0.25, -0.2) is 0 Å². The predicted octanol–water partition coefficient (Wildman–Crippen LogP) is 3.76. The van der Waals surface area contributed by atoms with E-state index >= 15 is 0 Å². The summed E-state index contributed by atoms with van der Waals surface area (Å²) in [6, 6.07) is 0. The molecule has 0 saturated heterocycles. The van der Waals surface area contributed by atoms with E-state index in [1.807, 2.05) is 0 Å². The molecule has 0 spiro atoms. The molecule has 0 aromatic heterocycles. The van der Waals surface area contributed by atoms with Gasteiger partial charge in [0, 0.05) is 0 Å². The number of hydrogen-bond donors (Lipinski definition) is 1. The minimum absolute atomic E-state index is 0. The Morgan fingerprint density at radius 2 is 0.808 bits per heavy atom. The number of hydrogen-bond acceptors (Lipinski definition) is 2. The molecule has 0 radical (unpaired) electrons. The second-order valence-corrected chi connectivity index (χ2v) is 4.71. The average molecular weight is 448 g/mol. The van der Waals surface area contributed by atoms with Crippen molar-refractivity contribution >= 4 is 17.6 Å². The van der Waals surface area contributed by atoms with Gasteiger partial charge >= 0.3 is 40.9 Å². The Kier molecular flexibility index (Phi) is 6.65. The number of carboxylic acid groups (broad SMARTS) is 1. The lowest BCUT2D eigenvalue weighted by molar-refractivity contribution is -0.439. The first-order chi connectivity index (χ1) is 10.4. The van der Waals surface area contributed by atoms with Crippen LogP contribution in [0.2, 0.25) is 0 Å². The zero-order valence-electron chi connectivity index (χ0n) is 11.5. The van der Waals surface area contributed by atoms with Crippen molar-refractivity contribution in [3.05, 3.63) is 0 Å². The number of carboxylic acids is 1. The first-order valence-electron chi connectivity index (χ1n) is 4.99. The van der Waals surface area contributed by atoms with E-state index in [9.17, 15) is 71.4 Å². The lowest BCUT2D eigenvalue weighted by atomic mass is 9.91. The molecule has 0 saturated carbocycles. The highest BCUT2D eigenvalue weighted by Gasteiger charge is 2.92. The maximum Gasteiger partial charge on any atom is 0.393 e. The van der Waals surface area contributed by atoms with E-state index in [0.29, 0.717) is 0 Å². The Morgan fingerprint density at radius 1 is 0.577 bits per heavy atom. The molecule has 0 rings (SSSR count). The zero-order valence-corrected chi connectivity index (χ0v) is 12.2. The number of alkyl halides is 15. The third kappa shape index (κ3) is 3.11. The molecule has 0 atom stereocenters. The first kappa shape index (κ1) is 27.0. The Labute approximate surface area is 137 Å². The molecule has 18 heteroatoms. The molecule has 0 aromatic carbocycles. The van der Waals surface area contributed by atoms with Gasteiger partial charge in [0.25, 0.3) is 0 Å². The summed E-state index contributed by atoms with van der Waals surface area (Å²) >= 11 is 3.34. The van der Waals surface area contributed by atoms with Crippen LogP contribution in [0.5, 0.6) is 0 Å². The minimum Gasteiger partial charge on any atom is -0.544 e. The molecule has 0 aliphatic heterocycles. The maximum atomic E-state index is 12.9. The average Bonchev–Trinajstić information content (AvgIpc) is 2.35. The summed E-state index contributed by atoms with van der Waals surface area (Å²) in [5.74, 6) is -52.2. The van der Waals surface area contributed by atoms with Crippen molar-refractivity contribution in [3.63, 3.8) is 0 Å². The lowest BCUT2D eigenvalue weighted by Gasteiger charge is -2.41. The summed E-state index contributed by atoms with van der Waals surface area (Å²) in [4.78, 5) is 9.65. The van der Waals surface area contributed by atoms with Crippen LogP contribution in [-0.2, 0) is 4.79 Å². The smallest absolute Gasteiger partial charge is 0.393 e. The van der Waals surface area contributed by atoms with Crippen LogP contribution in [0.25, 0.3) is 0 Å². The summed E-state index contributed by atoms with van der Waals surface area (Å²) < 4.78 is 177. The fourth-order valence-corrected chi connectivity index (χ4v) is 1.21. The normalized spacial score (nSPS) is 15.5. The lowest BCUT2D eigenvalue weighted by Crippen LogP contribution is -2.74. The van der Waals surface area contributed by atoms with Gasteiger partial charge in [0.15, 0.2) is 0 Å².